The molecular formula is C18H18FN5O2. The average Bonchev–Trinajstić information content (AvgIpc) is 3.05. The van der Waals surface area contributed by atoms with E-state index >= 15 is 0 Å². The number of rotatable bonds is 5. The fraction of sp³-hybridized carbons (Fsp3) is 0.167. The van der Waals surface area contributed by atoms with Crippen LogP contribution in [0.15, 0.2) is 54.9 Å². The summed E-state index contributed by atoms with van der Waals surface area (Å²) in [5, 5.41) is 2.64. The predicted molar refractivity (Wildman–Crippen MR) is 93.7 cm³/mol. The number of pyridine rings is 1. The summed E-state index contributed by atoms with van der Waals surface area (Å²) in [6.45, 7) is 0.379. The van der Waals surface area contributed by atoms with E-state index in [2.05, 4.69) is 21.2 Å². The second kappa shape index (κ2) is 8.11. The lowest BCUT2D eigenvalue weighted by atomic mass is 10.1. The van der Waals surface area contributed by atoms with Gasteiger partial charge in [-0.15, -0.1) is 0 Å². The van der Waals surface area contributed by atoms with Crippen molar-refractivity contribution in [3.63, 3.8) is 0 Å². The van der Waals surface area contributed by atoms with Gasteiger partial charge in [0.05, 0.1) is 12.1 Å². The van der Waals surface area contributed by atoms with Gasteiger partial charge in [0.2, 0.25) is 5.91 Å². The number of halogens is 1. The molecule has 8 heteroatoms. The SMILES string of the molecule is O=C(Cc1ccc(F)cc1)NNC(=O)NCCc1cn2ccccc2n1. The number of urea groups is 1. The highest BCUT2D eigenvalue weighted by molar-refractivity contribution is 5.82. The first-order valence-electron chi connectivity index (χ1n) is 8.10. The van der Waals surface area contributed by atoms with E-state index in [1.54, 1.807) is 0 Å². The Balaban J connectivity index is 1.37. The zero-order valence-electron chi connectivity index (χ0n) is 13.9. The number of benzene rings is 1. The summed E-state index contributed by atoms with van der Waals surface area (Å²) in [6.07, 6.45) is 4.42. The minimum absolute atomic E-state index is 0.0435. The lowest BCUT2D eigenvalue weighted by molar-refractivity contribution is -0.121. The maximum absolute atomic E-state index is 12.8. The Kier molecular flexibility index (Phi) is 5.43. The monoisotopic (exact) mass is 355 g/mol. The van der Waals surface area contributed by atoms with Crippen LogP contribution in [0.5, 0.6) is 0 Å². The van der Waals surface area contributed by atoms with Gasteiger partial charge in [-0.25, -0.2) is 19.6 Å². The molecule has 3 rings (SSSR count). The van der Waals surface area contributed by atoms with Crippen molar-refractivity contribution in [2.24, 2.45) is 0 Å². The number of hydrogen-bond acceptors (Lipinski definition) is 3. The van der Waals surface area contributed by atoms with E-state index in [0.717, 1.165) is 11.3 Å². The molecule has 7 nitrogen and oxygen atoms in total. The molecule has 0 aliphatic heterocycles. The smallest absolute Gasteiger partial charge is 0.333 e. The van der Waals surface area contributed by atoms with Crippen LogP contribution in [0.2, 0.25) is 0 Å². The Morgan fingerprint density at radius 1 is 1.08 bits per heavy atom. The number of nitrogens with zero attached hydrogens (tertiary/aromatic N) is 2. The summed E-state index contributed by atoms with van der Waals surface area (Å²) in [5.41, 5.74) is 6.94. The highest BCUT2D eigenvalue weighted by Crippen LogP contribution is 2.04. The molecular weight excluding hydrogens is 337 g/mol. The number of carbonyl (C=O) groups is 2. The molecule has 0 fully saturated rings. The number of hydrogen-bond donors (Lipinski definition) is 3. The van der Waals surface area contributed by atoms with Crippen molar-refractivity contribution in [3.8, 4) is 0 Å². The third-order valence-electron chi connectivity index (χ3n) is 3.67. The van der Waals surface area contributed by atoms with Crippen LogP contribution in [-0.2, 0) is 17.6 Å². The fourth-order valence-corrected chi connectivity index (χ4v) is 2.41. The molecule has 0 unspecified atom stereocenters. The molecule has 1 aromatic carbocycles. The van der Waals surface area contributed by atoms with Crippen LogP contribution >= 0.6 is 0 Å². The molecule has 3 N–H and O–H groups in total. The third-order valence-corrected chi connectivity index (χ3v) is 3.67. The van der Waals surface area contributed by atoms with Crippen LogP contribution in [0.3, 0.4) is 0 Å². The van der Waals surface area contributed by atoms with Gasteiger partial charge in [-0.05, 0) is 29.8 Å². The molecule has 3 aromatic rings. The first-order chi connectivity index (χ1) is 12.6. The van der Waals surface area contributed by atoms with E-state index in [1.807, 2.05) is 35.0 Å². The molecule has 0 atom stereocenters. The summed E-state index contributed by atoms with van der Waals surface area (Å²) < 4.78 is 14.7. The molecule has 2 aromatic heterocycles. The van der Waals surface area contributed by atoms with Crippen LogP contribution in [0.4, 0.5) is 9.18 Å². The van der Waals surface area contributed by atoms with E-state index in [9.17, 15) is 14.0 Å². The quantitative estimate of drug-likeness (QED) is 0.608. The van der Waals surface area contributed by atoms with Gasteiger partial charge in [0.15, 0.2) is 0 Å². The summed E-state index contributed by atoms with van der Waals surface area (Å²) in [6, 6.07) is 10.8. The number of carbonyl (C=O) groups excluding carboxylic acids is 2. The van der Waals surface area contributed by atoms with Crippen molar-refractivity contribution in [2.75, 3.05) is 6.54 Å². The Morgan fingerprint density at radius 3 is 2.65 bits per heavy atom. The first-order valence-corrected chi connectivity index (χ1v) is 8.10. The maximum atomic E-state index is 12.8. The predicted octanol–water partition coefficient (Wildman–Crippen LogP) is 1.59. The van der Waals surface area contributed by atoms with Crippen LogP contribution in [0.25, 0.3) is 5.65 Å². The van der Waals surface area contributed by atoms with Crippen molar-refractivity contribution in [1.82, 2.24) is 25.6 Å². The molecule has 134 valence electrons. The van der Waals surface area contributed by atoms with Crippen LogP contribution < -0.4 is 16.2 Å². The molecule has 0 saturated carbocycles. The van der Waals surface area contributed by atoms with Crippen LogP contribution in [0.1, 0.15) is 11.3 Å². The van der Waals surface area contributed by atoms with Crippen molar-refractivity contribution in [3.05, 3.63) is 71.9 Å². The van der Waals surface area contributed by atoms with Gasteiger partial charge in [-0.2, -0.15) is 0 Å². The second-order valence-corrected chi connectivity index (χ2v) is 5.68. The van der Waals surface area contributed by atoms with Crippen LogP contribution in [-0.4, -0.2) is 27.9 Å². The summed E-state index contributed by atoms with van der Waals surface area (Å²) in [4.78, 5) is 27.9. The zero-order chi connectivity index (χ0) is 18.4. The number of nitrogens with one attached hydrogen (secondary N) is 3. The van der Waals surface area contributed by atoms with Gasteiger partial charge in [0.25, 0.3) is 0 Å². The lowest BCUT2D eigenvalue weighted by Gasteiger charge is -2.08. The maximum Gasteiger partial charge on any atom is 0.333 e. The molecule has 0 spiro atoms. The molecule has 0 aliphatic rings. The molecule has 0 aliphatic carbocycles. The average molecular weight is 355 g/mol. The normalized spacial score (nSPS) is 10.5. The third kappa shape index (κ3) is 4.79. The van der Waals surface area contributed by atoms with E-state index < -0.39 is 11.9 Å². The lowest BCUT2D eigenvalue weighted by Crippen LogP contribution is -2.47. The molecule has 0 radical (unpaired) electrons. The van der Waals surface area contributed by atoms with Gasteiger partial charge in [-0.3, -0.25) is 10.2 Å². The highest BCUT2D eigenvalue weighted by atomic mass is 19.1. The zero-order valence-corrected chi connectivity index (χ0v) is 13.9. The van der Waals surface area contributed by atoms with Gasteiger partial charge < -0.3 is 9.72 Å². The Labute approximate surface area is 149 Å². The Morgan fingerprint density at radius 2 is 1.88 bits per heavy atom. The van der Waals surface area contributed by atoms with E-state index in [-0.39, 0.29) is 12.2 Å². The fourth-order valence-electron chi connectivity index (χ4n) is 2.41. The number of hydrazine groups is 1. The minimum Gasteiger partial charge on any atom is -0.336 e. The number of amides is 3. The summed E-state index contributed by atoms with van der Waals surface area (Å²) >= 11 is 0. The summed E-state index contributed by atoms with van der Waals surface area (Å²) in [5.74, 6) is -0.760. The molecule has 0 saturated heterocycles. The topological polar surface area (TPSA) is 87.5 Å². The number of aromatic nitrogens is 2. The summed E-state index contributed by atoms with van der Waals surface area (Å²) in [7, 11) is 0. The molecule has 26 heavy (non-hydrogen) atoms. The largest absolute Gasteiger partial charge is 0.336 e. The standard InChI is InChI=1S/C18H18FN5O2/c19-14-6-4-13(5-7-14)11-17(25)22-23-18(26)20-9-8-15-12-24-10-2-1-3-16(24)21-15/h1-7,10,12H,8-9,11H2,(H,22,25)(H2,20,23,26). The van der Waals surface area contributed by atoms with Crippen molar-refractivity contribution in [1.29, 1.82) is 0 Å². The van der Waals surface area contributed by atoms with E-state index in [1.165, 1.54) is 24.3 Å². The first kappa shape index (κ1) is 17.4. The van der Waals surface area contributed by atoms with Crippen LogP contribution in [0, 0.1) is 5.82 Å². The van der Waals surface area contributed by atoms with Crippen molar-refractivity contribution in [2.45, 2.75) is 12.8 Å². The second-order valence-electron chi connectivity index (χ2n) is 5.68. The van der Waals surface area contributed by atoms with E-state index in [4.69, 9.17) is 0 Å². The molecule has 3 amide bonds. The van der Waals surface area contributed by atoms with Crippen molar-refractivity contribution < 1.29 is 14.0 Å². The highest BCUT2D eigenvalue weighted by Gasteiger charge is 2.06. The van der Waals surface area contributed by atoms with Gasteiger partial charge >= 0.3 is 6.03 Å². The van der Waals surface area contributed by atoms with Crippen molar-refractivity contribution >= 4 is 17.6 Å². The van der Waals surface area contributed by atoms with Gasteiger partial charge in [-0.1, -0.05) is 18.2 Å². The van der Waals surface area contributed by atoms with Gasteiger partial charge in [0, 0.05) is 25.4 Å². The number of fused-ring (bicyclic) bond motifs is 1. The Hall–Kier alpha value is -3.42. The minimum atomic E-state index is -0.513. The Bertz CT molecular complexity index is 874. The number of imidazole rings is 1. The van der Waals surface area contributed by atoms with Gasteiger partial charge in [0.1, 0.15) is 11.5 Å². The molecule has 0 bridgehead atoms. The van der Waals surface area contributed by atoms with E-state index in [0.29, 0.717) is 18.5 Å². The molecule has 2 heterocycles.